The molecule has 0 aliphatic heterocycles. The Bertz CT molecular complexity index is 1100. The quantitative estimate of drug-likeness (QED) is 0.613. The SMILES string of the molecule is COC(=O)CCn1c(=NC(=O)c2cccc(C(F)(F)F)c2)sc2ccccc21. The topological polar surface area (TPSA) is 60.7 Å². The number of rotatable bonds is 4. The van der Waals surface area contributed by atoms with Crippen molar-refractivity contribution in [1.29, 1.82) is 0 Å². The number of hydrogen-bond donors (Lipinski definition) is 0. The first-order valence-electron chi connectivity index (χ1n) is 8.21. The standard InChI is InChI=1S/C19H15F3N2O3S/c1-27-16(25)9-10-24-14-7-2-3-8-15(14)28-18(24)23-17(26)12-5-4-6-13(11-12)19(20,21)22/h2-8,11H,9-10H2,1H3. The molecule has 1 heterocycles. The van der Waals surface area contributed by atoms with Gasteiger partial charge in [-0.3, -0.25) is 9.59 Å². The predicted molar refractivity (Wildman–Crippen MR) is 97.8 cm³/mol. The summed E-state index contributed by atoms with van der Waals surface area (Å²) in [7, 11) is 1.28. The zero-order valence-corrected chi connectivity index (χ0v) is 15.5. The molecule has 0 radical (unpaired) electrons. The molecule has 0 N–H and O–H groups in total. The normalized spacial score (nSPS) is 12.4. The third-order valence-electron chi connectivity index (χ3n) is 3.99. The van der Waals surface area contributed by atoms with Crippen LogP contribution in [0.3, 0.4) is 0 Å². The molecule has 0 atom stereocenters. The Kier molecular flexibility index (Phi) is 5.64. The molecular formula is C19H15F3N2O3S. The zero-order chi connectivity index (χ0) is 20.3. The highest BCUT2D eigenvalue weighted by atomic mass is 32.1. The number of aryl methyl sites for hydroxylation is 1. The molecule has 3 rings (SSSR count). The number of benzene rings is 2. The summed E-state index contributed by atoms with van der Waals surface area (Å²) in [5.41, 5.74) is -0.303. The Hall–Kier alpha value is -2.94. The van der Waals surface area contributed by atoms with Crippen molar-refractivity contribution in [3.05, 3.63) is 64.5 Å². The lowest BCUT2D eigenvalue weighted by Gasteiger charge is -2.07. The Balaban J connectivity index is 2.03. The van der Waals surface area contributed by atoms with Crippen LogP contribution in [0, 0.1) is 0 Å². The molecule has 0 aliphatic carbocycles. The van der Waals surface area contributed by atoms with Gasteiger partial charge in [0.25, 0.3) is 5.91 Å². The first-order valence-corrected chi connectivity index (χ1v) is 9.03. The summed E-state index contributed by atoms with van der Waals surface area (Å²) in [6.07, 6.45) is -4.48. The number of carbonyl (C=O) groups is 2. The number of aromatic nitrogens is 1. The van der Waals surface area contributed by atoms with Crippen molar-refractivity contribution in [1.82, 2.24) is 4.57 Å². The molecule has 3 aromatic rings. The summed E-state index contributed by atoms with van der Waals surface area (Å²) in [6.45, 7) is 0.228. The average molecular weight is 408 g/mol. The van der Waals surface area contributed by atoms with Crippen LogP contribution in [0.2, 0.25) is 0 Å². The number of alkyl halides is 3. The number of thiazole rings is 1. The molecule has 0 spiro atoms. The van der Waals surface area contributed by atoms with Crippen LogP contribution in [0.1, 0.15) is 22.3 Å². The van der Waals surface area contributed by atoms with Crippen LogP contribution in [0.5, 0.6) is 0 Å². The third-order valence-corrected chi connectivity index (χ3v) is 5.05. The number of para-hydroxylation sites is 1. The van der Waals surface area contributed by atoms with E-state index >= 15 is 0 Å². The number of hydrogen-bond acceptors (Lipinski definition) is 4. The largest absolute Gasteiger partial charge is 0.469 e. The second-order valence-electron chi connectivity index (χ2n) is 5.83. The molecule has 0 fully saturated rings. The number of carbonyl (C=O) groups excluding carboxylic acids is 2. The first-order chi connectivity index (χ1) is 13.3. The van der Waals surface area contributed by atoms with Crippen molar-refractivity contribution in [3.63, 3.8) is 0 Å². The van der Waals surface area contributed by atoms with Gasteiger partial charge < -0.3 is 9.30 Å². The van der Waals surface area contributed by atoms with Crippen molar-refractivity contribution in [2.24, 2.45) is 4.99 Å². The van der Waals surface area contributed by atoms with Gasteiger partial charge in [0.15, 0.2) is 4.80 Å². The number of nitrogens with zero attached hydrogens (tertiary/aromatic N) is 2. The maximum Gasteiger partial charge on any atom is 0.416 e. The Morgan fingerprint density at radius 1 is 1.14 bits per heavy atom. The second-order valence-corrected chi connectivity index (χ2v) is 6.83. The molecule has 2 aromatic carbocycles. The van der Waals surface area contributed by atoms with Crippen LogP contribution in [0.25, 0.3) is 10.2 Å². The van der Waals surface area contributed by atoms with Gasteiger partial charge >= 0.3 is 12.1 Å². The lowest BCUT2D eigenvalue weighted by atomic mass is 10.1. The number of amides is 1. The number of halogens is 3. The van der Waals surface area contributed by atoms with Crippen molar-refractivity contribution < 1.29 is 27.5 Å². The molecule has 0 aliphatic rings. The van der Waals surface area contributed by atoms with Gasteiger partial charge in [-0.1, -0.05) is 29.5 Å². The molecule has 0 bridgehead atoms. The zero-order valence-electron chi connectivity index (χ0n) is 14.7. The summed E-state index contributed by atoms with van der Waals surface area (Å²) >= 11 is 1.22. The van der Waals surface area contributed by atoms with Crippen LogP contribution < -0.4 is 4.80 Å². The van der Waals surface area contributed by atoms with E-state index in [4.69, 9.17) is 0 Å². The van der Waals surface area contributed by atoms with Gasteiger partial charge in [0.05, 0.1) is 29.3 Å². The fraction of sp³-hybridized carbons (Fsp3) is 0.211. The van der Waals surface area contributed by atoms with E-state index in [2.05, 4.69) is 9.73 Å². The minimum absolute atomic E-state index is 0.0716. The van der Waals surface area contributed by atoms with Crippen molar-refractivity contribution >= 4 is 33.4 Å². The summed E-state index contributed by atoms with van der Waals surface area (Å²) in [5.74, 6) is -1.21. The van der Waals surface area contributed by atoms with Gasteiger partial charge in [-0.25, -0.2) is 0 Å². The third kappa shape index (κ3) is 4.30. The molecule has 0 saturated heterocycles. The molecule has 5 nitrogen and oxygen atoms in total. The summed E-state index contributed by atoms with van der Waals surface area (Å²) < 4.78 is 45.8. The Morgan fingerprint density at radius 2 is 1.89 bits per heavy atom. The number of fused-ring (bicyclic) bond motifs is 1. The predicted octanol–water partition coefficient (Wildman–Crippen LogP) is 4.03. The van der Waals surface area contributed by atoms with Crippen LogP contribution in [0.4, 0.5) is 13.2 Å². The van der Waals surface area contributed by atoms with E-state index in [9.17, 15) is 22.8 Å². The monoisotopic (exact) mass is 408 g/mol. The number of ether oxygens (including phenoxy) is 1. The van der Waals surface area contributed by atoms with Crippen molar-refractivity contribution in [2.45, 2.75) is 19.1 Å². The van der Waals surface area contributed by atoms with Crippen LogP contribution in [0.15, 0.2) is 53.5 Å². The lowest BCUT2D eigenvalue weighted by molar-refractivity contribution is -0.141. The molecule has 9 heteroatoms. The van der Waals surface area contributed by atoms with Crippen LogP contribution in [-0.2, 0) is 22.3 Å². The van der Waals surface area contributed by atoms with E-state index in [-0.39, 0.29) is 18.5 Å². The van der Waals surface area contributed by atoms with Gasteiger partial charge in [0.1, 0.15) is 0 Å². The molecule has 28 heavy (non-hydrogen) atoms. The minimum Gasteiger partial charge on any atom is -0.469 e. The first kappa shape index (κ1) is 19.8. The van der Waals surface area contributed by atoms with E-state index in [1.165, 1.54) is 30.6 Å². The second kappa shape index (κ2) is 7.97. The average Bonchev–Trinajstić information content (AvgIpc) is 3.02. The Morgan fingerprint density at radius 3 is 2.61 bits per heavy atom. The molecule has 1 aromatic heterocycles. The summed E-state index contributed by atoms with van der Waals surface area (Å²) in [6, 6.07) is 11.4. The Labute approximate surface area is 161 Å². The highest BCUT2D eigenvalue weighted by molar-refractivity contribution is 7.16. The van der Waals surface area contributed by atoms with E-state index in [0.29, 0.717) is 4.80 Å². The van der Waals surface area contributed by atoms with Gasteiger partial charge in [-0.05, 0) is 30.3 Å². The fourth-order valence-electron chi connectivity index (χ4n) is 2.61. The lowest BCUT2D eigenvalue weighted by Crippen LogP contribution is -2.19. The summed E-state index contributed by atoms with van der Waals surface area (Å²) in [4.78, 5) is 28.3. The molecule has 146 valence electrons. The van der Waals surface area contributed by atoms with Gasteiger partial charge in [-0.2, -0.15) is 18.2 Å². The maximum absolute atomic E-state index is 12.9. The summed E-state index contributed by atoms with van der Waals surface area (Å²) in [5, 5.41) is 0. The molecule has 1 amide bonds. The number of methoxy groups -OCH3 is 1. The van der Waals surface area contributed by atoms with Crippen LogP contribution >= 0.6 is 11.3 Å². The highest BCUT2D eigenvalue weighted by Gasteiger charge is 2.30. The molecule has 0 saturated carbocycles. The van der Waals surface area contributed by atoms with Crippen molar-refractivity contribution in [3.8, 4) is 0 Å². The molecule has 0 unspecified atom stereocenters. The maximum atomic E-state index is 12.9. The molecular weight excluding hydrogens is 393 g/mol. The van der Waals surface area contributed by atoms with E-state index in [1.807, 2.05) is 24.3 Å². The smallest absolute Gasteiger partial charge is 0.416 e. The fourth-order valence-corrected chi connectivity index (χ4v) is 3.66. The van der Waals surface area contributed by atoms with E-state index in [1.54, 1.807) is 4.57 Å². The number of esters is 1. The van der Waals surface area contributed by atoms with E-state index in [0.717, 1.165) is 22.3 Å². The van der Waals surface area contributed by atoms with Crippen molar-refractivity contribution in [2.75, 3.05) is 7.11 Å². The highest BCUT2D eigenvalue weighted by Crippen LogP contribution is 2.29. The van der Waals surface area contributed by atoms with Gasteiger partial charge in [0, 0.05) is 12.1 Å². The van der Waals surface area contributed by atoms with Gasteiger partial charge in [0.2, 0.25) is 0 Å². The van der Waals surface area contributed by atoms with Gasteiger partial charge in [-0.15, -0.1) is 0 Å². The van der Waals surface area contributed by atoms with E-state index < -0.39 is 23.6 Å². The van der Waals surface area contributed by atoms with Crippen LogP contribution in [-0.4, -0.2) is 23.6 Å². The minimum atomic E-state index is -4.55.